The van der Waals surface area contributed by atoms with Crippen molar-refractivity contribution >= 4 is 33.1 Å². The number of esters is 2. The van der Waals surface area contributed by atoms with Gasteiger partial charge in [0, 0.05) is 11.8 Å². The summed E-state index contributed by atoms with van der Waals surface area (Å²) in [5.74, 6) is -2.24. The third kappa shape index (κ3) is 3.74. The van der Waals surface area contributed by atoms with Gasteiger partial charge in [-0.25, -0.2) is 17.9 Å². The molecule has 0 atom stereocenters. The number of carbonyl (C=O) groups is 2. The van der Waals surface area contributed by atoms with E-state index in [0.717, 1.165) is 20.4 Å². The molecule has 2 aromatic rings. The van der Waals surface area contributed by atoms with E-state index in [4.69, 9.17) is 14.6 Å². The molecule has 156 valence electrons. The zero-order chi connectivity index (χ0) is 22.1. The summed E-state index contributed by atoms with van der Waals surface area (Å²) in [7, 11) is -1.70. The average molecular weight is 432 g/mol. The van der Waals surface area contributed by atoms with E-state index in [1.54, 1.807) is 0 Å². The first-order chi connectivity index (χ1) is 14.1. The van der Waals surface area contributed by atoms with Crippen LogP contribution in [0.15, 0.2) is 59.6 Å². The lowest BCUT2D eigenvalue weighted by molar-refractivity contribution is -0.161. The number of carbonyl (C=O) groups excluding carboxylic acids is 2. The van der Waals surface area contributed by atoms with Gasteiger partial charge in [0.1, 0.15) is 10.7 Å². The molecule has 0 saturated carbocycles. The lowest BCUT2D eigenvalue weighted by Crippen LogP contribution is -2.36. The summed E-state index contributed by atoms with van der Waals surface area (Å²) in [6.45, 7) is 0. The Morgan fingerprint density at radius 1 is 0.967 bits per heavy atom. The monoisotopic (exact) mass is 432 g/mol. The van der Waals surface area contributed by atoms with Crippen molar-refractivity contribution in [3.05, 3.63) is 71.8 Å². The zero-order valence-corrected chi connectivity index (χ0v) is 16.8. The molecule has 1 aliphatic carbocycles. The Kier molecular flexibility index (Phi) is 5.55. The highest BCUT2D eigenvalue weighted by Gasteiger charge is 2.49. The van der Waals surface area contributed by atoms with E-state index in [0.29, 0.717) is 16.7 Å². The fraction of sp³-hybridized carbons (Fsp3) is 0.150. The molecule has 0 aliphatic heterocycles. The van der Waals surface area contributed by atoms with Crippen molar-refractivity contribution in [1.29, 1.82) is 0 Å². The molecule has 0 amide bonds. The van der Waals surface area contributed by atoms with Crippen molar-refractivity contribution in [3.63, 3.8) is 0 Å². The van der Waals surface area contributed by atoms with Crippen LogP contribution in [0.4, 0.5) is 4.39 Å². The highest BCUT2D eigenvalue weighted by atomic mass is 32.2. The van der Waals surface area contributed by atoms with Crippen molar-refractivity contribution < 1.29 is 31.9 Å². The van der Waals surface area contributed by atoms with Crippen LogP contribution in [0.3, 0.4) is 0 Å². The molecule has 2 N–H and O–H groups in total. The van der Waals surface area contributed by atoms with Crippen LogP contribution in [0.1, 0.15) is 11.3 Å². The summed E-state index contributed by atoms with van der Waals surface area (Å²) in [6, 6.07) is 8.02. The van der Waals surface area contributed by atoms with Crippen LogP contribution in [0.2, 0.25) is 0 Å². The number of sulfonamides is 1. The van der Waals surface area contributed by atoms with Crippen LogP contribution < -0.4 is 5.14 Å². The molecular weight excluding hydrogens is 415 g/mol. The molecule has 0 radical (unpaired) electrons. The standard InChI is InChI=1S/C20H17FN2O6S/c1-28-18(24)20(19(25)29-2)9-15(12-3-5-13(21)6-4-12)16(10-20)17-8-7-14(11-23-17)30(22,26)27/h3-11H,1-2H3,(H2,22,26,27). The number of nitrogens with two attached hydrogens (primary N) is 1. The van der Waals surface area contributed by atoms with Gasteiger partial charge in [0.25, 0.3) is 0 Å². The fourth-order valence-corrected chi connectivity index (χ4v) is 3.55. The Labute approximate surface area is 171 Å². The molecule has 0 saturated heterocycles. The van der Waals surface area contributed by atoms with Gasteiger partial charge in [-0.1, -0.05) is 12.1 Å². The largest absolute Gasteiger partial charge is 0.468 e. The number of pyridine rings is 1. The first-order valence-electron chi connectivity index (χ1n) is 8.50. The van der Waals surface area contributed by atoms with Crippen LogP contribution >= 0.6 is 0 Å². The van der Waals surface area contributed by atoms with Crippen LogP contribution in [-0.2, 0) is 29.1 Å². The van der Waals surface area contributed by atoms with E-state index in [-0.39, 0.29) is 10.6 Å². The van der Waals surface area contributed by atoms with E-state index in [9.17, 15) is 22.4 Å². The summed E-state index contributed by atoms with van der Waals surface area (Å²) < 4.78 is 46.0. The van der Waals surface area contributed by atoms with Gasteiger partial charge in [-0.05, 0) is 47.6 Å². The van der Waals surface area contributed by atoms with Crippen molar-refractivity contribution in [2.75, 3.05) is 14.2 Å². The number of benzene rings is 1. The zero-order valence-electron chi connectivity index (χ0n) is 16.0. The number of methoxy groups -OCH3 is 2. The highest BCUT2D eigenvalue weighted by Crippen LogP contribution is 2.45. The summed E-state index contributed by atoms with van der Waals surface area (Å²) in [6.07, 6.45) is 3.73. The molecule has 30 heavy (non-hydrogen) atoms. The Balaban J connectivity index is 2.23. The van der Waals surface area contributed by atoms with Crippen molar-refractivity contribution in [1.82, 2.24) is 4.98 Å². The molecule has 0 unspecified atom stereocenters. The number of hydrogen-bond acceptors (Lipinski definition) is 7. The number of rotatable bonds is 5. The molecule has 0 bridgehead atoms. The predicted molar refractivity (Wildman–Crippen MR) is 104 cm³/mol. The van der Waals surface area contributed by atoms with Crippen molar-refractivity contribution in [3.8, 4) is 0 Å². The molecule has 3 rings (SSSR count). The minimum atomic E-state index is -3.96. The smallest absolute Gasteiger partial charge is 0.331 e. The van der Waals surface area contributed by atoms with Gasteiger partial charge in [0.05, 0.1) is 19.9 Å². The van der Waals surface area contributed by atoms with Crippen LogP contribution in [0.25, 0.3) is 11.1 Å². The van der Waals surface area contributed by atoms with Gasteiger partial charge in [-0.3, -0.25) is 14.6 Å². The van der Waals surface area contributed by atoms with E-state index in [2.05, 4.69) is 4.98 Å². The molecule has 8 nitrogen and oxygen atoms in total. The third-order valence-electron chi connectivity index (χ3n) is 4.58. The number of nitrogens with zero attached hydrogens (tertiary/aromatic N) is 1. The molecule has 0 spiro atoms. The molecule has 1 aliphatic rings. The minimum absolute atomic E-state index is 0.204. The lowest BCUT2D eigenvalue weighted by Gasteiger charge is -2.18. The average Bonchev–Trinajstić information content (AvgIpc) is 3.14. The molecule has 0 fully saturated rings. The number of allylic oxidation sites excluding steroid dienone is 2. The van der Waals surface area contributed by atoms with Gasteiger partial charge in [-0.2, -0.15) is 0 Å². The molecule has 10 heteroatoms. The van der Waals surface area contributed by atoms with Crippen LogP contribution in [0, 0.1) is 11.2 Å². The summed E-state index contributed by atoms with van der Waals surface area (Å²) in [5.41, 5.74) is -0.412. The first kappa shape index (κ1) is 21.3. The predicted octanol–water partition coefficient (Wildman–Crippen LogP) is 1.68. The Hall–Kier alpha value is -3.37. The first-order valence-corrected chi connectivity index (χ1v) is 10.0. The quantitative estimate of drug-likeness (QED) is 0.563. The van der Waals surface area contributed by atoms with E-state index >= 15 is 0 Å². The summed E-state index contributed by atoms with van der Waals surface area (Å²) >= 11 is 0. The second-order valence-corrected chi connectivity index (χ2v) is 7.96. The fourth-order valence-electron chi connectivity index (χ4n) is 3.10. The second-order valence-electron chi connectivity index (χ2n) is 6.40. The van der Waals surface area contributed by atoms with Gasteiger partial charge < -0.3 is 9.47 Å². The second kappa shape index (κ2) is 7.81. The van der Waals surface area contributed by atoms with E-state index < -0.39 is 33.2 Å². The third-order valence-corrected chi connectivity index (χ3v) is 5.48. The highest BCUT2D eigenvalue weighted by molar-refractivity contribution is 7.89. The van der Waals surface area contributed by atoms with Crippen molar-refractivity contribution in [2.24, 2.45) is 10.6 Å². The van der Waals surface area contributed by atoms with Gasteiger partial charge in [-0.15, -0.1) is 0 Å². The maximum absolute atomic E-state index is 13.4. The topological polar surface area (TPSA) is 126 Å². The maximum Gasteiger partial charge on any atom is 0.331 e. The van der Waals surface area contributed by atoms with Gasteiger partial charge in [0.2, 0.25) is 15.4 Å². The van der Waals surface area contributed by atoms with Crippen molar-refractivity contribution in [2.45, 2.75) is 4.90 Å². The molecule has 1 aromatic heterocycles. The number of hydrogen-bond donors (Lipinski definition) is 1. The van der Waals surface area contributed by atoms with Gasteiger partial charge >= 0.3 is 11.9 Å². The molecule has 1 aromatic carbocycles. The van der Waals surface area contributed by atoms with E-state index in [1.165, 1.54) is 48.6 Å². The maximum atomic E-state index is 13.4. The minimum Gasteiger partial charge on any atom is -0.468 e. The molecule has 1 heterocycles. The summed E-state index contributed by atoms with van der Waals surface area (Å²) in [4.78, 5) is 29.0. The SMILES string of the molecule is COC(=O)C1(C(=O)OC)C=C(c2ccc(F)cc2)C(c2ccc(S(N)(=O)=O)cn2)=C1. The summed E-state index contributed by atoms with van der Waals surface area (Å²) in [5, 5.41) is 5.10. The molecular formula is C20H17FN2O6S. The van der Waals surface area contributed by atoms with Crippen LogP contribution in [-0.4, -0.2) is 39.6 Å². The normalized spacial score (nSPS) is 15.2. The Morgan fingerprint density at radius 3 is 2.00 bits per heavy atom. The van der Waals surface area contributed by atoms with Gasteiger partial charge in [0.15, 0.2) is 0 Å². The Morgan fingerprint density at radius 2 is 1.53 bits per heavy atom. The number of primary sulfonamides is 1. The number of ether oxygens (including phenoxy) is 2. The number of aromatic nitrogens is 1. The van der Waals surface area contributed by atoms with E-state index in [1.807, 2.05) is 0 Å². The van der Waals surface area contributed by atoms with Crippen LogP contribution in [0.5, 0.6) is 0 Å². The number of halogens is 1. The lowest BCUT2D eigenvalue weighted by atomic mass is 9.89. The Bertz CT molecular complexity index is 1150.